The van der Waals surface area contributed by atoms with E-state index in [1.165, 1.54) is 10.8 Å². The predicted octanol–water partition coefficient (Wildman–Crippen LogP) is 0.380. The maximum atomic E-state index is 12.4. The van der Waals surface area contributed by atoms with Crippen molar-refractivity contribution in [3.63, 3.8) is 0 Å². The number of amides is 1. The highest BCUT2D eigenvalue weighted by Crippen LogP contribution is 2.26. The number of nitrogens with zero attached hydrogens (tertiary/aromatic N) is 3. The summed E-state index contributed by atoms with van der Waals surface area (Å²) in [5.41, 5.74) is 1.05. The standard InChI is InChI=1S/C15H17N3O3/c19-8-7-17(11-5-6-11)15(21)10-18-13-4-2-1-3-12(13)16-9-14(18)20/h1-4,9,11,19H,5-8,10H2. The fourth-order valence-electron chi connectivity index (χ4n) is 2.51. The van der Waals surface area contributed by atoms with Crippen LogP contribution in [-0.4, -0.2) is 44.7 Å². The van der Waals surface area contributed by atoms with E-state index in [-0.39, 0.29) is 30.7 Å². The molecule has 0 spiro atoms. The minimum absolute atomic E-state index is 0.0155. The molecule has 1 fully saturated rings. The van der Waals surface area contributed by atoms with Crippen LogP contribution in [0.2, 0.25) is 0 Å². The highest BCUT2D eigenvalue weighted by atomic mass is 16.3. The van der Waals surface area contributed by atoms with Gasteiger partial charge < -0.3 is 10.0 Å². The molecule has 2 aromatic rings. The van der Waals surface area contributed by atoms with Crippen molar-refractivity contribution in [1.82, 2.24) is 14.5 Å². The number of rotatable bonds is 5. The smallest absolute Gasteiger partial charge is 0.269 e. The summed E-state index contributed by atoms with van der Waals surface area (Å²) in [5, 5.41) is 9.08. The number of fused-ring (bicyclic) bond motifs is 1. The molecule has 1 aliphatic carbocycles. The van der Waals surface area contributed by atoms with Gasteiger partial charge in [0, 0.05) is 12.6 Å². The van der Waals surface area contributed by atoms with Crippen molar-refractivity contribution < 1.29 is 9.90 Å². The topological polar surface area (TPSA) is 75.4 Å². The normalized spacial score (nSPS) is 14.3. The van der Waals surface area contributed by atoms with E-state index < -0.39 is 0 Å². The van der Waals surface area contributed by atoms with Crippen LogP contribution in [0.5, 0.6) is 0 Å². The molecular formula is C15H17N3O3. The molecule has 0 atom stereocenters. The third-order valence-electron chi connectivity index (χ3n) is 3.69. The lowest BCUT2D eigenvalue weighted by atomic mass is 10.3. The van der Waals surface area contributed by atoms with Crippen LogP contribution < -0.4 is 5.56 Å². The van der Waals surface area contributed by atoms with Gasteiger partial charge in [-0.2, -0.15) is 0 Å². The summed E-state index contributed by atoms with van der Waals surface area (Å²) in [7, 11) is 0. The number of hydrogen-bond acceptors (Lipinski definition) is 4. The Morgan fingerprint density at radius 1 is 1.38 bits per heavy atom. The zero-order chi connectivity index (χ0) is 14.8. The van der Waals surface area contributed by atoms with Gasteiger partial charge in [-0.15, -0.1) is 0 Å². The van der Waals surface area contributed by atoms with Gasteiger partial charge in [0.05, 0.1) is 23.8 Å². The van der Waals surface area contributed by atoms with E-state index in [1.807, 2.05) is 18.2 Å². The molecule has 3 rings (SSSR count). The van der Waals surface area contributed by atoms with Crippen LogP contribution in [0.1, 0.15) is 12.8 Å². The third kappa shape index (κ3) is 2.80. The maximum Gasteiger partial charge on any atom is 0.269 e. The zero-order valence-corrected chi connectivity index (χ0v) is 11.6. The van der Waals surface area contributed by atoms with Crippen LogP contribution in [0.15, 0.2) is 35.3 Å². The molecule has 6 heteroatoms. The summed E-state index contributed by atoms with van der Waals surface area (Å²) in [4.78, 5) is 30.2. The van der Waals surface area contributed by atoms with E-state index in [1.54, 1.807) is 11.0 Å². The second-order valence-corrected chi connectivity index (χ2v) is 5.21. The molecule has 0 unspecified atom stereocenters. The lowest BCUT2D eigenvalue weighted by molar-refractivity contribution is -0.132. The lowest BCUT2D eigenvalue weighted by Crippen LogP contribution is -2.39. The molecule has 0 bridgehead atoms. The number of carbonyl (C=O) groups excluding carboxylic acids is 1. The second kappa shape index (κ2) is 5.65. The molecule has 1 N–H and O–H groups in total. The Hall–Kier alpha value is -2.21. The average molecular weight is 287 g/mol. The fraction of sp³-hybridized carbons (Fsp3) is 0.400. The van der Waals surface area contributed by atoms with Gasteiger partial charge in [0.15, 0.2) is 0 Å². The van der Waals surface area contributed by atoms with Gasteiger partial charge in [0.1, 0.15) is 6.54 Å². The number of carbonyl (C=O) groups is 1. The number of benzene rings is 1. The molecule has 1 saturated carbocycles. The first-order chi connectivity index (χ1) is 10.2. The number of para-hydroxylation sites is 2. The van der Waals surface area contributed by atoms with Crippen LogP contribution in [0, 0.1) is 0 Å². The van der Waals surface area contributed by atoms with Crippen LogP contribution in [0.3, 0.4) is 0 Å². The lowest BCUT2D eigenvalue weighted by Gasteiger charge is -2.22. The van der Waals surface area contributed by atoms with Gasteiger partial charge in [-0.25, -0.2) is 4.98 Å². The van der Waals surface area contributed by atoms with Crippen LogP contribution in [-0.2, 0) is 11.3 Å². The Balaban J connectivity index is 1.92. The zero-order valence-electron chi connectivity index (χ0n) is 11.6. The highest BCUT2D eigenvalue weighted by Gasteiger charge is 2.32. The molecule has 1 aromatic heterocycles. The van der Waals surface area contributed by atoms with Crippen molar-refractivity contribution in [2.24, 2.45) is 0 Å². The molecular weight excluding hydrogens is 270 g/mol. The Morgan fingerprint density at radius 2 is 2.14 bits per heavy atom. The SMILES string of the molecule is O=C(Cn1c(=O)cnc2ccccc21)N(CCO)C1CC1. The Labute approximate surface area is 121 Å². The molecule has 0 radical (unpaired) electrons. The first-order valence-electron chi connectivity index (χ1n) is 7.05. The number of aliphatic hydroxyl groups excluding tert-OH is 1. The number of hydrogen-bond donors (Lipinski definition) is 1. The Bertz CT molecular complexity index is 721. The summed E-state index contributed by atoms with van der Waals surface area (Å²) in [5.74, 6) is -0.134. The van der Waals surface area contributed by atoms with Crippen molar-refractivity contribution in [3.05, 3.63) is 40.8 Å². The monoisotopic (exact) mass is 287 g/mol. The Kier molecular flexibility index (Phi) is 3.70. The van der Waals surface area contributed by atoms with Crippen LogP contribution in [0.25, 0.3) is 11.0 Å². The molecule has 6 nitrogen and oxygen atoms in total. The van der Waals surface area contributed by atoms with Gasteiger partial charge >= 0.3 is 0 Å². The van der Waals surface area contributed by atoms with Gasteiger partial charge in [0.2, 0.25) is 5.91 Å². The number of aliphatic hydroxyl groups is 1. The van der Waals surface area contributed by atoms with Crippen molar-refractivity contribution >= 4 is 16.9 Å². The van der Waals surface area contributed by atoms with Gasteiger partial charge in [0.25, 0.3) is 5.56 Å². The van der Waals surface area contributed by atoms with E-state index in [0.717, 1.165) is 12.8 Å². The molecule has 1 aliphatic rings. The van der Waals surface area contributed by atoms with Crippen LogP contribution >= 0.6 is 0 Å². The third-order valence-corrected chi connectivity index (χ3v) is 3.69. The molecule has 1 heterocycles. The van der Waals surface area contributed by atoms with Crippen molar-refractivity contribution in [1.29, 1.82) is 0 Å². The molecule has 1 amide bonds. The molecule has 0 aliphatic heterocycles. The van der Waals surface area contributed by atoms with Crippen molar-refractivity contribution in [2.45, 2.75) is 25.4 Å². The van der Waals surface area contributed by atoms with E-state index in [0.29, 0.717) is 17.6 Å². The largest absolute Gasteiger partial charge is 0.395 e. The summed E-state index contributed by atoms with van der Waals surface area (Å²) in [6.45, 7) is 0.244. The summed E-state index contributed by atoms with van der Waals surface area (Å²) in [6.07, 6.45) is 3.18. The summed E-state index contributed by atoms with van der Waals surface area (Å²) >= 11 is 0. The minimum atomic E-state index is -0.290. The van der Waals surface area contributed by atoms with Crippen molar-refractivity contribution in [3.8, 4) is 0 Å². The molecule has 1 aromatic carbocycles. The summed E-state index contributed by atoms with van der Waals surface area (Å²) < 4.78 is 1.44. The van der Waals surface area contributed by atoms with E-state index in [4.69, 9.17) is 5.11 Å². The second-order valence-electron chi connectivity index (χ2n) is 5.21. The molecule has 110 valence electrons. The van der Waals surface area contributed by atoms with Gasteiger partial charge in [-0.3, -0.25) is 14.2 Å². The first-order valence-corrected chi connectivity index (χ1v) is 7.05. The van der Waals surface area contributed by atoms with E-state index in [2.05, 4.69) is 4.98 Å². The fourth-order valence-corrected chi connectivity index (χ4v) is 2.51. The minimum Gasteiger partial charge on any atom is -0.395 e. The summed E-state index contributed by atoms with van der Waals surface area (Å²) in [6, 6.07) is 7.46. The molecule has 21 heavy (non-hydrogen) atoms. The van der Waals surface area contributed by atoms with Gasteiger partial charge in [-0.1, -0.05) is 12.1 Å². The quantitative estimate of drug-likeness (QED) is 0.862. The van der Waals surface area contributed by atoms with Crippen molar-refractivity contribution in [2.75, 3.05) is 13.2 Å². The number of aromatic nitrogens is 2. The van der Waals surface area contributed by atoms with Gasteiger partial charge in [-0.05, 0) is 25.0 Å². The van der Waals surface area contributed by atoms with E-state index in [9.17, 15) is 9.59 Å². The average Bonchev–Trinajstić information content (AvgIpc) is 3.32. The van der Waals surface area contributed by atoms with Crippen LogP contribution in [0.4, 0.5) is 0 Å². The predicted molar refractivity (Wildman–Crippen MR) is 77.8 cm³/mol. The molecule has 0 saturated heterocycles. The Morgan fingerprint density at radius 3 is 2.86 bits per heavy atom. The maximum absolute atomic E-state index is 12.4. The first kappa shape index (κ1) is 13.8. The van der Waals surface area contributed by atoms with E-state index >= 15 is 0 Å². The highest BCUT2D eigenvalue weighted by molar-refractivity contribution is 5.80.